The van der Waals surface area contributed by atoms with Gasteiger partial charge < -0.3 is 0 Å². The topological polar surface area (TPSA) is 48.4 Å². The first-order valence-corrected chi connectivity index (χ1v) is 9.90. The lowest BCUT2D eigenvalue weighted by atomic mass is 9.98. The van der Waals surface area contributed by atoms with Crippen molar-refractivity contribution in [3.63, 3.8) is 0 Å². The van der Waals surface area contributed by atoms with E-state index >= 15 is 0 Å². The Bertz CT molecular complexity index is 1190. The summed E-state index contributed by atoms with van der Waals surface area (Å²) in [6.07, 6.45) is 0. The van der Waals surface area contributed by atoms with Gasteiger partial charge in [0.15, 0.2) is 0 Å². The molecule has 0 aromatic heterocycles. The van der Waals surface area contributed by atoms with Gasteiger partial charge >= 0.3 is 0 Å². The molecule has 2 heterocycles. The molecule has 3 aromatic rings. The van der Waals surface area contributed by atoms with Crippen LogP contribution in [0.1, 0.15) is 38.2 Å². The smallest absolute Gasteiger partial charge is 0.267 e. The quantitative estimate of drug-likeness (QED) is 0.621. The second-order valence-electron chi connectivity index (χ2n) is 7.76. The van der Waals surface area contributed by atoms with E-state index in [2.05, 4.69) is 38.1 Å². The number of aryl methyl sites for hydroxylation is 4. The Morgan fingerprint density at radius 1 is 0.833 bits per heavy atom. The molecule has 5 rings (SSSR count). The molecule has 0 atom stereocenters. The summed E-state index contributed by atoms with van der Waals surface area (Å²) in [7, 11) is 0. The lowest BCUT2D eigenvalue weighted by Crippen LogP contribution is -2.49. The van der Waals surface area contributed by atoms with Crippen LogP contribution in [-0.4, -0.2) is 17.0 Å². The first-order chi connectivity index (χ1) is 14.5. The Morgan fingerprint density at radius 2 is 1.47 bits per heavy atom. The summed E-state index contributed by atoms with van der Waals surface area (Å²) in [5.41, 5.74) is 7.54. The number of hydrogen-bond donors (Lipinski definition) is 0. The molecular weight excluding hydrogens is 376 g/mol. The maximum Gasteiger partial charge on any atom is 0.277 e. The number of fused-ring (bicyclic) bond motifs is 3. The van der Waals surface area contributed by atoms with E-state index in [1.54, 1.807) is 0 Å². The average molecular weight is 398 g/mol. The van der Waals surface area contributed by atoms with E-state index in [1.807, 2.05) is 60.5 Å². The molecule has 6 nitrogen and oxygen atoms in total. The summed E-state index contributed by atoms with van der Waals surface area (Å²) in [5.74, 6) is 0.495. The molecule has 0 N–H and O–H groups in total. The third-order valence-corrected chi connectivity index (χ3v) is 5.55. The van der Waals surface area contributed by atoms with Crippen LogP contribution in [0, 0.1) is 27.7 Å². The van der Waals surface area contributed by atoms with Crippen molar-refractivity contribution in [1.29, 1.82) is 0 Å². The van der Waals surface area contributed by atoms with Gasteiger partial charge in [-0.2, -0.15) is 10.0 Å². The molecule has 0 unspecified atom stereocenters. The van der Waals surface area contributed by atoms with Gasteiger partial charge in [-0.05, 0) is 67.7 Å². The summed E-state index contributed by atoms with van der Waals surface area (Å²) in [5, 5.41) is 9.19. The highest BCUT2D eigenvalue weighted by Crippen LogP contribution is 2.43. The predicted octanol–water partition coefficient (Wildman–Crippen LogP) is 4.83. The summed E-state index contributed by atoms with van der Waals surface area (Å²) < 4.78 is 0. The van der Waals surface area contributed by atoms with Crippen LogP contribution in [0.3, 0.4) is 0 Å². The molecule has 0 aliphatic carbocycles. The lowest BCUT2D eigenvalue weighted by Gasteiger charge is -2.25. The highest BCUT2D eigenvalue weighted by atomic mass is 16.9. The fourth-order valence-electron chi connectivity index (χ4n) is 4.28. The summed E-state index contributed by atoms with van der Waals surface area (Å²) >= 11 is 0. The molecule has 6 heteroatoms. The van der Waals surface area contributed by atoms with Crippen LogP contribution in [-0.2, 0) is 4.94 Å². The highest BCUT2D eigenvalue weighted by molar-refractivity contribution is 6.17. The minimum atomic E-state index is -0.170. The van der Waals surface area contributed by atoms with Crippen LogP contribution in [0.4, 0.5) is 11.4 Å². The number of para-hydroxylation sites is 2. The van der Waals surface area contributed by atoms with E-state index in [4.69, 9.17) is 4.94 Å². The van der Waals surface area contributed by atoms with Gasteiger partial charge in [0.1, 0.15) is 0 Å². The van der Waals surface area contributed by atoms with Gasteiger partial charge in [0.25, 0.3) is 5.91 Å². The molecule has 2 aliphatic rings. The summed E-state index contributed by atoms with van der Waals surface area (Å²) in [4.78, 5) is 19.2. The monoisotopic (exact) mass is 398 g/mol. The molecule has 30 heavy (non-hydrogen) atoms. The van der Waals surface area contributed by atoms with E-state index < -0.39 is 0 Å². The molecule has 0 fully saturated rings. The van der Waals surface area contributed by atoms with Crippen LogP contribution >= 0.6 is 0 Å². The zero-order valence-electron chi connectivity index (χ0n) is 17.4. The van der Waals surface area contributed by atoms with Crippen molar-refractivity contribution >= 4 is 23.1 Å². The molecule has 2 aliphatic heterocycles. The van der Waals surface area contributed by atoms with Gasteiger partial charge in [0.05, 0.1) is 16.7 Å². The number of rotatable bonds is 2. The predicted molar refractivity (Wildman–Crippen MR) is 117 cm³/mol. The van der Waals surface area contributed by atoms with Gasteiger partial charge in [-0.15, -0.1) is 0 Å². The number of anilines is 2. The second-order valence-corrected chi connectivity index (χ2v) is 7.76. The van der Waals surface area contributed by atoms with Gasteiger partial charge in [-0.25, -0.2) is 0 Å². The third-order valence-electron chi connectivity index (χ3n) is 5.55. The van der Waals surface area contributed by atoms with Crippen molar-refractivity contribution in [2.24, 2.45) is 5.16 Å². The number of benzene rings is 3. The van der Waals surface area contributed by atoms with Gasteiger partial charge in [-0.3, -0.25) is 9.73 Å². The Labute approximate surface area is 175 Å². The van der Waals surface area contributed by atoms with E-state index in [9.17, 15) is 4.79 Å². The molecule has 0 saturated heterocycles. The zero-order chi connectivity index (χ0) is 21.0. The van der Waals surface area contributed by atoms with Crippen molar-refractivity contribution in [2.45, 2.75) is 27.7 Å². The standard InChI is InChI=1S/C24H22N4O2/c1-15-13-17(3)22(18(4)14-15)23-25-30-28-26(23)20-11-7-8-12-21(20)27(28)24(29)19-10-6-5-9-16(19)2/h5-14H,1-4H3. The number of hydrazine groups is 2. The number of amidine groups is 1. The molecule has 3 aromatic carbocycles. The van der Waals surface area contributed by atoms with E-state index in [0.717, 1.165) is 33.6 Å². The minimum Gasteiger partial charge on any atom is -0.267 e. The normalized spacial score (nSPS) is 15.0. The first kappa shape index (κ1) is 18.4. The Morgan fingerprint density at radius 3 is 2.17 bits per heavy atom. The van der Waals surface area contributed by atoms with Crippen molar-refractivity contribution < 1.29 is 9.73 Å². The molecule has 0 radical (unpaired) electrons. The van der Waals surface area contributed by atoms with Gasteiger partial charge in [0, 0.05) is 11.1 Å². The van der Waals surface area contributed by atoms with Crippen LogP contribution in [0.15, 0.2) is 65.8 Å². The second kappa shape index (κ2) is 6.71. The average Bonchev–Trinajstić information content (AvgIpc) is 3.26. The number of carbonyl (C=O) groups is 1. The lowest BCUT2D eigenvalue weighted by molar-refractivity contribution is -0.135. The SMILES string of the molecule is Cc1cc(C)c(C2=NON3N(C(=O)c4ccccc4C)c4ccccc4N23)c(C)c1. The van der Waals surface area contributed by atoms with Crippen LogP contribution in [0.25, 0.3) is 0 Å². The first-order valence-electron chi connectivity index (χ1n) is 9.90. The van der Waals surface area contributed by atoms with Gasteiger partial charge in [-0.1, -0.05) is 48.0 Å². The highest BCUT2D eigenvalue weighted by Gasteiger charge is 2.47. The third kappa shape index (κ3) is 2.61. The van der Waals surface area contributed by atoms with Crippen molar-refractivity contribution in [3.8, 4) is 0 Å². The zero-order valence-corrected chi connectivity index (χ0v) is 17.4. The molecule has 150 valence electrons. The molecule has 0 saturated carbocycles. The van der Waals surface area contributed by atoms with Crippen molar-refractivity contribution in [1.82, 2.24) is 5.28 Å². The van der Waals surface area contributed by atoms with E-state index in [1.165, 1.54) is 15.9 Å². The van der Waals surface area contributed by atoms with Crippen molar-refractivity contribution in [3.05, 3.63) is 94.0 Å². The van der Waals surface area contributed by atoms with Crippen LogP contribution in [0.5, 0.6) is 0 Å². The summed E-state index contributed by atoms with van der Waals surface area (Å²) in [6, 6.07) is 19.6. The largest absolute Gasteiger partial charge is 0.277 e. The molecular formula is C24H22N4O2. The Hall–Kier alpha value is -3.64. The maximum absolute atomic E-state index is 13.5. The number of oxime groups is 1. The van der Waals surface area contributed by atoms with Crippen molar-refractivity contribution in [2.75, 3.05) is 10.0 Å². The Kier molecular flexibility index (Phi) is 4.11. The summed E-state index contributed by atoms with van der Waals surface area (Å²) in [6.45, 7) is 8.15. The van der Waals surface area contributed by atoms with Crippen LogP contribution in [0.2, 0.25) is 0 Å². The number of carbonyl (C=O) groups excluding carboxylic acids is 1. The fourth-order valence-corrected chi connectivity index (χ4v) is 4.28. The van der Waals surface area contributed by atoms with Crippen LogP contribution < -0.4 is 10.0 Å². The molecule has 1 amide bonds. The minimum absolute atomic E-state index is 0.170. The fraction of sp³-hybridized carbons (Fsp3) is 0.167. The molecule has 0 spiro atoms. The van der Waals surface area contributed by atoms with E-state index in [-0.39, 0.29) is 5.91 Å². The van der Waals surface area contributed by atoms with E-state index in [0.29, 0.717) is 11.4 Å². The molecule has 0 bridgehead atoms. The maximum atomic E-state index is 13.5. The number of hydrogen-bond acceptors (Lipinski definition) is 5. The Balaban J connectivity index is 1.63. The number of nitrogens with zero attached hydrogens (tertiary/aromatic N) is 4. The van der Waals surface area contributed by atoms with Gasteiger partial charge in [0.2, 0.25) is 5.84 Å². The number of amides is 1.